The lowest BCUT2D eigenvalue weighted by molar-refractivity contribution is -0.384. The molecule has 1 aromatic carbocycles. The van der Waals surface area contributed by atoms with Gasteiger partial charge in [0, 0.05) is 51.0 Å². The highest BCUT2D eigenvalue weighted by Crippen LogP contribution is 2.19. The summed E-state index contributed by atoms with van der Waals surface area (Å²) < 4.78 is 0. The largest absolute Gasteiger partial charge is 0.396 e. The zero-order valence-electron chi connectivity index (χ0n) is 17.7. The molecule has 2 rings (SSSR count). The van der Waals surface area contributed by atoms with E-state index in [0.717, 1.165) is 12.0 Å². The van der Waals surface area contributed by atoms with Gasteiger partial charge in [-0.3, -0.25) is 14.9 Å². The lowest BCUT2D eigenvalue weighted by Gasteiger charge is -2.23. The number of aliphatic hydroxyl groups is 1. The van der Waals surface area contributed by atoms with Crippen molar-refractivity contribution in [3.05, 3.63) is 63.8 Å². The molecule has 2 aromatic rings. The van der Waals surface area contributed by atoms with Crippen molar-refractivity contribution in [3.8, 4) is 0 Å². The van der Waals surface area contributed by atoms with E-state index in [0.29, 0.717) is 36.8 Å². The molecule has 0 radical (unpaired) electrons. The van der Waals surface area contributed by atoms with Gasteiger partial charge < -0.3 is 15.3 Å². The van der Waals surface area contributed by atoms with E-state index in [1.165, 1.54) is 12.1 Å². The molecule has 2 N–H and O–H groups in total. The molecule has 1 aromatic heterocycles. The molecule has 0 saturated carbocycles. The lowest BCUT2D eigenvalue weighted by atomic mass is 9.92. The second-order valence-electron chi connectivity index (χ2n) is 7.51. The molecule has 162 valence electrons. The van der Waals surface area contributed by atoms with E-state index < -0.39 is 4.92 Å². The molecule has 0 aliphatic rings. The number of nitro benzene ring substituents is 1. The zero-order valence-corrected chi connectivity index (χ0v) is 17.7. The first-order valence-electron chi connectivity index (χ1n) is 10.2. The topological polar surface area (TPSA) is 109 Å². The monoisotopic (exact) mass is 414 g/mol. The predicted octanol–water partition coefficient (Wildman–Crippen LogP) is 3.37. The quantitative estimate of drug-likeness (QED) is 0.431. The summed E-state index contributed by atoms with van der Waals surface area (Å²) in [6.45, 7) is 5.19. The Bertz CT molecular complexity index is 859. The Kier molecular flexibility index (Phi) is 8.73. The van der Waals surface area contributed by atoms with Crippen LogP contribution in [0.3, 0.4) is 0 Å². The van der Waals surface area contributed by atoms with Gasteiger partial charge in [-0.2, -0.15) is 0 Å². The molecular formula is C22H30N4O4. The van der Waals surface area contributed by atoms with E-state index in [9.17, 15) is 20.0 Å². The normalized spacial score (nSPS) is 12.8. The van der Waals surface area contributed by atoms with Crippen molar-refractivity contribution in [2.75, 3.05) is 32.1 Å². The van der Waals surface area contributed by atoms with Crippen LogP contribution in [0.15, 0.2) is 42.6 Å². The number of hydrogen-bond acceptors (Lipinski definition) is 6. The number of nitrogens with one attached hydrogen (secondary N) is 1. The highest BCUT2D eigenvalue weighted by molar-refractivity contribution is 5.98. The average molecular weight is 415 g/mol. The second-order valence-corrected chi connectivity index (χ2v) is 7.51. The molecule has 2 unspecified atom stereocenters. The maximum atomic E-state index is 13.0. The standard InChI is InChI=1S/C22H30N4O4/c1-4-16(2)18(15-27)14-24-21-20(9-6-11-23-21)22(28)25(3)12-10-17-7-5-8-19(13-17)26(29)30/h5-9,11,13,16,18,27H,4,10,12,14-15H2,1-3H3,(H,23,24). The molecular weight excluding hydrogens is 384 g/mol. The van der Waals surface area contributed by atoms with Crippen LogP contribution < -0.4 is 5.32 Å². The number of amides is 1. The van der Waals surface area contributed by atoms with Gasteiger partial charge in [-0.05, 0) is 30.0 Å². The van der Waals surface area contributed by atoms with Gasteiger partial charge in [-0.25, -0.2) is 4.98 Å². The molecule has 0 aliphatic carbocycles. The highest BCUT2D eigenvalue weighted by atomic mass is 16.6. The minimum Gasteiger partial charge on any atom is -0.396 e. The number of aliphatic hydroxyl groups excluding tert-OH is 1. The molecule has 0 bridgehead atoms. The summed E-state index contributed by atoms with van der Waals surface area (Å²) in [5.74, 6) is 0.737. The molecule has 1 amide bonds. The number of non-ortho nitro benzene ring substituents is 1. The number of nitro groups is 1. The van der Waals surface area contributed by atoms with Gasteiger partial charge in [0.05, 0.1) is 10.5 Å². The summed E-state index contributed by atoms with van der Waals surface area (Å²) in [5, 5.41) is 23.8. The molecule has 8 heteroatoms. The fourth-order valence-corrected chi connectivity index (χ4v) is 3.16. The van der Waals surface area contributed by atoms with Crippen LogP contribution in [0.2, 0.25) is 0 Å². The Hall–Kier alpha value is -3.00. The number of pyridine rings is 1. The Labute approximate surface area is 177 Å². The number of anilines is 1. The van der Waals surface area contributed by atoms with Crippen molar-refractivity contribution in [2.45, 2.75) is 26.7 Å². The Morgan fingerprint density at radius 1 is 1.33 bits per heavy atom. The van der Waals surface area contributed by atoms with Crippen molar-refractivity contribution in [2.24, 2.45) is 11.8 Å². The molecule has 2 atom stereocenters. The molecule has 0 fully saturated rings. The van der Waals surface area contributed by atoms with E-state index >= 15 is 0 Å². The molecule has 0 aliphatic heterocycles. The SMILES string of the molecule is CCC(C)C(CO)CNc1ncccc1C(=O)N(C)CCc1cccc([N+](=O)[O-])c1. The number of carbonyl (C=O) groups is 1. The number of nitrogens with zero attached hydrogens (tertiary/aromatic N) is 3. The van der Waals surface area contributed by atoms with Crippen LogP contribution >= 0.6 is 0 Å². The van der Waals surface area contributed by atoms with Crippen LogP contribution in [0.5, 0.6) is 0 Å². The van der Waals surface area contributed by atoms with E-state index in [1.54, 1.807) is 36.3 Å². The lowest BCUT2D eigenvalue weighted by Crippen LogP contribution is -2.30. The minimum atomic E-state index is -0.426. The maximum absolute atomic E-state index is 13.0. The Morgan fingerprint density at radius 3 is 2.77 bits per heavy atom. The smallest absolute Gasteiger partial charge is 0.269 e. The molecule has 0 saturated heterocycles. The van der Waals surface area contributed by atoms with Crippen LogP contribution in [0.25, 0.3) is 0 Å². The van der Waals surface area contributed by atoms with Crippen molar-refractivity contribution in [3.63, 3.8) is 0 Å². The minimum absolute atomic E-state index is 0.0416. The van der Waals surface area contributed by atoms with Crippen molar-refractivity contribution in [1.29, 1.82) is 0 Å². The zero-order chi connectivity index (χ0) is 22.1. The van der Waals surface area contributed by atoms with Crippen LogP contribution in [0.1, 0.15) is 36.2 Å². The molecule has 8 nitrogen and oxygen atoms in total. The van der Waals surface area contributed by atoms with Gasteiger partial charge in [-0.1, -0.05) is 32.4 Å². The van der Waals surface area contributed by atoms with E-state index in [1.807, 2.05) is 6.07 Å². The first kappa shape index (κ1) is 23.3. The fourth-order valence-electron chi connectivity index (χ4n) is 3.16. The van der Waals surface area contributed by atoms with E-state index in [-0.39, 0.29) is 24.1 Å². The summed E-state index contributed by atoms with van der Waals surface area (Å²) >= 11 is 0. The Morgan fingerprint density at radius 2 is 2.10 bits per heavy atom. The summed E-state index contributed by atoms with van der Waals surface area (Å²) in [4.78, 5) is 29.3. The second kappa shape index (κ2) is 11.3. The van der Waals surface area contributed by atoms with Gasteiger partial charge >= 0.3 is 0 Å². The predicted molar refractivity (Wildman–Crippen MR) is 117 cm³/mol. The molecule has 30 heavy (non-hydrogen) atoms. The maximum Gasteiger partial charge on any atom is 0.269 e. The first-order valence-corrected chi connectivity index (χ1v) is 10.2. The van der Waals surface area contributed by atoms with Gasteiger partial charge in [0.1, 0.15) is 5.82 Å². The fraction of sp³-hybridized carbons (Fsp3) is 0.455. The van der Waals surface area contributed by atoms with Crippen molar-refractivity contribution >= 4 is 17.4 Å². The average Bonchev–Trinajstić information content (AvgIpc) is 2.77. The number of aromatic nitrogens is 1. The molecule has 1 heterocycles. The van der Waals surface area contributed by atoms with Crippen molar-refractivity contribution in [1.82, 2.24) is 9.88 Å². The van der Waals surface area contributed by atoms with E-state index in [2.05, 4.69) is 24.1 Å². The number of carbonyl (C=O) groups excluding carboxylic acids is 1. The summed E-state index contributed by atoms with van der Waals surface area (Å²) in [6, 6.07) is 9.87. The first-order chi connectivity index (χ1) is 14.4. The van der Waals surface area contributed by atoms with Crippen molar-refractivity contribution < 1.29 is 14.8 Å². The van der Waals surface area contributed by atoms with Crippen LogP contribution in [0.4, 0.5) is 11.5 Å². The third-order valence-electron chi connectivity index (χ3n) is 5.46. The van der Waals surface area contributed by atoms with Crippen LogP contribution in [-0.4, -0.2) is 52.6 Å². The third-order valence-corrected chi connectivity index (χ3v) is 5.46. The van der Waals surface area contributed by atoms with Gasteiger partial charge in [0.2, 0.25) is 0 Å². The Balaban J connectivity index is 2.04. The number of benzene rings is 1. The summed E-state index contributed by atoms with van der Waals surface area (Å²) in [5.41, 5.74) is 1.30. The summed E-state index contributed by atoms with van der Waals surface area (Å²) in [7, 11) is 1.70. The number of rotatable bonds is 11. The van der Waals surface area contributed by atoms with Crippen LogP contribution in [0, 0.1) is 22.0 Å². The third kappa shape index (κ3) is 6.25. The van der Waals surface area contributed by atoms with Crippen LogP contribution in [-0.2, 0) is 6.42 Å². The van der Waals surface area contributed by atoms with E-state index in [4.69, 9.17) is 0 Å². The van der Waals surface area contributed by atoms with Gasteiger partial charge in [-0.15, -0.1) is 0 Å². The summed E-state index contributed by atoms with van der Waals surface area (Å²) in [6.07, 6.45) is 3.09. The number of likely N-dealkylation sites (N-methyl/N-ethyl adjacent to an activating group) is 1. The molecule has 0 spiro atoms. The van der Waals surface area contributed by atoms with Gasteiger partial charge in [0.15, 0.2) is 0 Å². The number of hydrogen-bond donors (Lipinski definition) is 2. The highest BCUT2D eigenvalue weighted by Gasteiger charge is 2.19. The van der Waals surface area contributed by atoms with Gasteiger partial charge in [0.25, 0.3) is 11.6 Å².